The van der Waals surface area contributed by atoms with Gasteiger partial charge in [0, 0.05) is 19.0 Å². The van der Waals surface area contributed by atoms with Crippen LogP contribution in [0.2, 0.25) is 0 Å². The van der Waals surface area contributed by atoms with E-state index < -0.39 is 0 Å². The van der Waals surface area contributed by atoms with Crippen molar-refractivity contribution in [3.63, 3.8) is 0 Å². The number of ether oxygens (including phenoxy) is 1. The second-order valence-electron chi connectivity index (χ2n) is 4.97. The molecule has 1 saturated heterocycles. The molecule has 1 N–H and O–H groups in total. The Kier molecular flexibility index (Phi) is 4.05. The number of aromatic nitrogens is 2. The number of methoxy groups -OCH3 is 1. The van der Waals surface area contributed by atoms with Gasteiger partial charge in [0.2, 0.25) is 0 Å². The molecule has 17 heavy (non-hydrogen) atoms. The summed E-state index contributed by atoms with van der Waals surface area (Å²) in [4.78, 5) is 0. The summed E-state index contributed by atoms with van der Waals surface area (Å²) in [5.74, 6) is 1.73. The first kappa shape index (κ1) is 12.4. The second kappa shape index (κ2) is 5.54. The number of nitrogens with zero attached hydrogens (tertiary/aromatic N) is 2. The van der Waals surface area contributed by atoms with Crippen LogP contribution in [0.3, 0.4) is 0 Å². The van der Waals surface area contributed by atoms with E-state index in [9.17, 15) is 0 Å². The number of nitrogens with one attached hydrogen (secondary N) is 1. The maximum Gasteiger partial charge on any atom is 0.159 e. The third kappa shape index (κ3) is 2.80. The Balaban J connectivity index is 2.04. The fourth-order valence-electron chi connectivity index (χ4n) is 2.51. The lowest BCUT2D eigenvalue weighted by Gasteiger charge is -2.28. The van der Waals surface area contributed by atoms with Crippen LogP contribution in [0.4, 0.5) is 0 Å². The monoisotopic (exact) mass is 237 g/mol. The van der Waals surface area contributed by atoms with Gasteiger partial charge in [-0.25, -0.2) is 0 Å². The van der Waals surface area contributed by atoms with Gasteiger partial charge in [-0.3, -0.25) is 4.68 Å². The standard InChI is InChI=1S/C13H23N3O/c1-4-16-12(13(17-3)9-15-16)7-11-6-5-10(2)8-14-11/h9-11,14H,4-8H2,1-3H3. The minimum atomic E-state index is 0.571. The summed E-state index contributed by atoms with van der Waals surface area (Å²) < 4.78 is 7.42. The van der Waals surface area contributed by atoms with Crippen LogP contribution >= 0.6 is 0 Å². The van der Waals surface area contributed by atoms with E-state index in [0.29, 0.717) is 6.04 Å². The molecule has 4 nitrogen and oxygen atoms in total. The summed E-state index contributed by atoms with van der Waals surface area (Å²) in [6.45, 7) is 6.46. The molecular formula is C13H23N3O. The highest BCUT2D eigenvalue weighted by atomic mass is 16.5. The molecule has 2 heterocycles. The van der Waals surface area contributed by atoms with Crippen LogP contribution in [-0.2, 0) is 13.0 Å². The van der Waals surface area contributed by atoms with Gasteiger partial charge in [-0.15, -0.1) is 0 Å². The molecule has 0 spiro atoms. The van der Waals surface area contributed by atoms with Crippen molar-refractivity contribution in [1.82, 2.24) is 15.1 Å². The Bertz CT molecular complexity index is 332. The molecule has 96 valence electrons. The molecule has 2 unspecified atom stereocenters. The van der Waals surface area contributed by atoms with Crippen molar-refractivity contribution >= 4 is 0 Å². The van der Waals surface area contributed by atoms with E-state index in [4.69, 9.17) is 4.74 Å². The second-order valence-corrected chi connectivity index (χ2v) is 4.97. The molecule has 1 aliphatic rings. The van der Waals surface area contributed by atoms with E-state index in [1.165, 1.54) is 18.5 Å². The largest absolute Gasteiger partial charge is 0.493 e. The van der Waals surface area contributed by atoms with Crippen molar-refractivity contribution in [2.24, 2.45) is 5.92 Å². The SMILES string of the molecule is CCn1ncc(OC)c1CC1CCC(C)CN1. The molecule has 0 aromatic carbocycles. The van der Waals surface area contributed by atoms with Crippen LogP contribution in [0.15, 0.2) is 6.20 Å². The maximum atomic E-state index is 5.38. The zero-order valence-electron chi connectivity index (χ0n) is 11.1. The fourth-order valence-corrected chi connectivity index (χ4v) is 2.51. The van der Waals surface area contributed by atoms with E-state index in [1.54, 1.807) is 7.11 Å². The molecule has 0 bridgehead atoms. The molecular weight excluding hydrogens is 214 g/mol. The summed E-state index contributed by atoms with van der Waals surface area (Å²) >= 11 is 0. The van der Waals surface area contributed by atoms with Crippen LogP contribution < -0.4 is 10.1 Å². The van der Waals surface area contributed by atoms with E-state index in [0.717, 1.165) is 31.2 Å². The molecule has 0 saturated carbocycles. The first-order chi connectivity index (χ1) is 8.24. The molecule has 1 fully saturated rings. The predicted molar refractivity (Wildman–Crippen MR) is 68.3 cm³/mol. The van der Waals surface area contributed by atoms with Crippen LogP contribution in [0.5, 0.6) is 5.75 Å². The molecule has 2 rings (SSSR count). The average molecular weight is 237 g/mol. The molecule has 1 aromatic rings. The zero-order chi connectivity index (χ0) is 12.3. The van der Waals surface area contributed by atoms with Crippen molar-refractivity contribution in [1.29, 1.82) is 0 Å². The number of rotatable bonds is 4. The van der Waals surface area contributed by atoms with Crippen LogP contribution in [-0.4, -0.2) is 29.5 Å². The Morgan fingerprint density at radius 2 is 2.35 bits per heavy atom. The topological polar surface area (TPSA) is 39.1 Å². The Morgan fingerprint density at radius 1 is 1.53 bits per heavy atom. The van der Waals surface area contributed by atoms with E-state index in [2.05, 4.69) is 24.3 Å². The zero-order valence-corrected chi connectivity index (χ0v) is 11.1. The average Bonchev–Trinajstić information content (AvgIpc) is 2.74. The Labute approximate surface area is 103 Å². The van der Waals surface area contributed by atoms with Crippen molar-refractivity contribution < 1.29 is 4.74 Å². The third-order valence-electron chi connectivity index (χ3n) is 3.63. The van der Waals surface area contributed by atoms with Gasteiger partial charge in [0.1, 0.15) is 0 Å². The molecule has 2 atom stereocenters. The fraction of sp³-hybridized carbons (Fsp3) is 0.769. The smallest absolute Gasteiger partial charge is 0.159 e. The van der Waals surface area contributed by atoms with Crippen molar-refractivity contribution in [3.8, 4) is 5.75 Å². The first-order valence-electron chi connectivity index (χ1n) is 6.56. The van der Waals surface area contributed by atoms with Crippen molar-refractivity contribution in [2.45, 2.75) is 45.7 Å². The van der Waals surface area contributed by atoms with Crippen LogP contribution in [0, 0.1) is 5.92 Å². The molecule has 4 heteroatoms. The lowest BCUT2D eigenvalue weighted by atomic mass is 9.94. The summed E-state index contributed by atoms with van der Waals surface area (Å²) in [5, 5.41) is 7.96. The highest BCUT2D eigenvalue weighted by molar-refractivity contribution is 5.26. The maximum absolute atomic E-state index is 5.38. The van der Waals surface area contributed by atoms with Gasteiger partial charge < -0.3 is 10.1 Å². The quantitative estimate of drug-likeness (QED) is 0.868. The summed E-state index contributed by atoms with van der Waals surface area (Å²) in [6, 6.07) is 0.571. The van der Waals surface area contributed by atoms with E-state index in [-0.39, 0.29) is 0 Å². The number of piperidine rings is 1. The molecule has 0 radical (unpaired) electrons. The highest BCUT2D eigenvalue weighted by Crippen LogP contribution is 2.22. The number of hydrogen-bond donors (Lipinski definition) is 1. The van der Waals surface area contributed by atoms with Gasteiger partial charge in [-0.2, -0.15) is 5.10 Å². The van der Waals surface area contributed by atoms with Crippen LogP contribution in [0.25, 0.3) is 0 Å². The highest BCUT2D eigenvalue weighted by Gasteiger charge is 2.21. The lowest BCUT2D eigenvalue weighted by Crippen LogP contribution is -2.39. The molecule has 1 aromatic heterocycles. The lowest BCUT2D eigenvalue weighted by molar-refractivity contribution is 0.318. The Morgan fingerprint density at radius 3 is 2.94 bits per heavy atom. The first-order valence-corrected chi connectivity index (χ1v) is 6.56. The molecule has 0 amide bonds. The van der Waals surface area contributed by atoms with Gasteiger partial charge in [0.05, 0.1) is 19.0 Å². The van der Waals surface area contributed by atoms with Gasteiger partial charge in [-0.05, 0) is 32.2 Å². The summed E-state index contributed by atoms with van der Waals surface area (Å²) in [5.41, 5.74) is 1.22. The van der Waals surface area contributed by atoms with Crippen LogP contribution in [0.1, 0.15) is 32.4 Å². The van der Waals surface area contributed by atoms with Gasteiger partial charge >= 0.3 is 0 Å². The minimum Gasteiger partial charge on any atom is -0.493 e. The minimum absolute atomic E-state index is 0.571. The molecule has 1 aliphatic heterocycles. The summed E-state index contributed by atoms with van der Waals surface area (Å²) in [7, 11) is 1.72. The van der Waals surface area contributed by atoms with Gasteiger partial charge in [0.25, 0.3) is 0 Å². The van der Waals surface area contributed by atoms with E-state index in [1.807, 2.05) is 10.9 Å². The number of hydrogen-bond acceptors (Lipinski definition) is 3. The normalized spacial score (nSPS) is 24.9. The predicted octanol–water partition coefficient (Wildman–Crippen LogP) is 1.84. The summed E-state index contributed by atoms with van der Waals surface area (Å²) in [6.07, 6.45) is 5.41. The van der Waals surface area contributed by atoms with Gasteiger partial charge in [-0.1, -0.05) is 6.92 Å². The third-order valence-corrected chi connectivity index (χ3v) is 3.63. The Hall–Kier alpha value is -1.03. The number of aryl methyl sites for hydroxylation is 1. The van der Waals surface area contributed by atoms with E-state index >= 15 is 0 Å². The van der Waals surface area contributed by atoms with Crippen molar-refractivity contribution in [3.05, 3.63) is 11.9 Å². The van der Waals surface area contributed by atoms with Crippen molar-refractivity contribution in [2.75, 3.05) is 13.7 Å². The molecule has 0 aliphatic carbocycles. The van der Waals surface area contributed by atoms with Gasteiger partial charge in [0.15, 0.2) is 5.75 Å².